The first-order chi connectivity index (χ1) is 10.6. The lowest BCUT2D eigenvalue weighted by molar-refractivity contribution is 0.0951. The van der Waals surface area contributed by atoms with Crippen molar-refractivity contribution in [2.45, 2.75) is 20.3 Å². The number of hydrazone groups is 1. The number of carbonyl (C=O) groups excluding carboxylic acids is 1. The van der Waals surface area contributed by atoms with Crippen LogP contribution in [0.2, 0.25) is 0 Å². The van der Waals surface area contributed by atoms with Gasteiger partial charge in [-0.1, -0.05) is 13.8 Å². The first kappa shape index (κ1) is 15.8. The molecule has 22 heavy (non-hydrogen) atoms. The number of ether oxygens (including phenoxy) is 1. The van der Waals surface area contributed by atoms with E-state index in [0.29, 0.717) is 11.6 Å². The van der Waals surface area contributed by atoms with Gasteiger partial charge >= 0.3 is 0 Å². The first-order valence-corrected chi connectivity index (χ1v) is 7.35. The lowest BCUT2D eigenvalue weighted by Crippen LogP contribution is -2.17. The summed E-state index contributed by atoms with van der Waals surface area (Å²) >= 11 is 0. The molecule has 5 heteroatoms. The van der Waals surface area contributed by atoms with E-state index in [-0.39, 0.29) is 5.91 Å². The normalized spacial score (nSPS) is 11.0. The Labute approximate surface area is 130 Å². The summed E-state index contributed by atoms with van der Waals surface area (Å²) in [6.07, 6.45) is 4.32. The third-order valence-electron chi connectivity index (χ3n) is 3.07. The molecule has 5 nitrogen and oxygen atoms in total. The molecule has 2 rings (SSSR count). The molecular weight excluding hydrogens is 278 g/mol. The SMILES string of the molecule is CC(C)CCOc1ccc(/C=N\NC(=O)c2ccc[nH]2)cc1. The van der Waals surface area contributed by atoms with Crippen LogP contribution in [0.4, 0.5) is 0 Å². The molecule has 0 radical (unpaired) electrons. The Morgan fingerprint density at radius 1 is 1.32 bits per heavy atom. The first-order valence-electron chi connectivity index (χ1n) is 7.35. The van der Waals surface area contributed by atoms with Gasteiger partial charge in [0.1, 0.15) is 11.4 Å². The van der Waals surface area contributed by atoms with Gasteiger partial charge in [0, 0.05) is 6.20 Å². The van der Waals surface area contributed by atoms with E-state index in [1.54, 1.807) is 24.5 Å². The maximum atomic E-state index is 11.6. The number of H-pyrrole nitrogens is 1. The standard InChI is InChI=1S/C17H21N3O2/c1-13(2)9-11-22-15-7-5-14(6-8-15)12-19-20-17(21)16-4-3-10-18-16/h3-8,10,12-13,18H,9,11H2,1-2H3,(H,20,21)/b19-12-. The van der Waals surface area contributed by atoms with Crippen LogP contribution in [0.25, 0.3) is 0 Å². The van der Waals surface area contributed by atoms with Crippen molar-refractivity contribution in [3.05, 3.63) is 53.9 Å². The molecule has 0 unspecified atom stereocenters. The largest absolute Gasteiger partial charge is 0.494 e. The van der Waals surface area contributed by atoms with Crippen molar-refractivity contribution in [2.75, 3.05) is 6.61 Å². The molecule has 1 aromatic heterocycles. The summed E-state index contributed by atoms with van der Waals surface area (Å²) in [7, 11) is 0. The van der Waals surface area contributed by atoms with Gasteiger partial charge in [0.15, 0.2) is 0 Å². The van der Waals surface area contributed by atoms with E-state index in [1.807, 2.05) is 24.3 Å². The minimum atomic E-state index is -0.269. The number of hydrogen-bond acceptors (Lipinski definition) is 3. The Hall–Kier alpha value is -2.56. The lowest BCUT2D eigenvalue weighted by atomic mass is 10.1. The average molecular weight is 299 g/mol. The van der Waals surface area contributed by atoms with Crippen molar-refractivity contribution in [2.24, 2.45) is 11.0 Å². The number of nitrogens with zero attached hydrogens (tertiary/aromatic N) is 1. The summed E-state index contributed by atoms with van der Waals surface area (Å²) in [5.41, 5.74) is 3.83. The van der Waals surface area contributed by atoms with Crippen molar-refractivity contribution < 1.29 is 9.53 Å². The molecule has 2 aromatic rings. The molecule has 1 heterocycles. The fourth-order valence-corrected chi connectivity index (χ4v) is 1.76. The Morgan fingerprint density at radius 2 is 2.09 bits per heavy atom. The van der Waals surface area contributed by atoms with Crippen LogP contribution in [0.1, 0.15) is 36.3 Å². The minimum absolute atomic E-state index is 0.269. The van der Waals surface area contributed by atoms with Crippen molar-refractivity contribution in [3.63, 3.8) is 0 Å². The zero-order valence-corrected chi connectivity index (χ0v) is 12.9. The second kappa shape index (κ2) is 8.02. The summed E-state index contributed by atoms with van der Waals surface area (Å²) in [6, 6.07) is 11.0. The number of rotatable bonds is 7. The summed E-state index contributed by atoms with van der Waals surface area (Å²) in [5.74, 6) is 1.21. The summed E-state index contributed by atoms with van der Waals surface area (Å²) in [6.45, 7) is 5.06. The molecule has 0 atom stereocenters. The molecule has 0 aliphatic carbocycles. The van der Waals surface area contributed by atoms with Crippen LogP contribution in [0.15, 0.2) is 47.7 Å². The van der Waals surface area contributed by atoms with Gasteiger partial charge in [-0.05, 0) is 54.3 Å². The Bertz CT molecular complexity index is 601. The van der Waals surface area contributed by atoms with Crippen LogP contribution >= 0.6 is 0 Å². The number of aromatic amines is 1. The molecule has 0 saturated heterocycles. The van der Waals surface area contributed by atoms with Gasteiger partial charge in [-0.3, -0.25) is 4.79 Å². The third kappa shape index (κ3) is 5.09. The van der Waals surface area contributed by atoms with Crippen LogP contribution in [-0.2, 0) is 0 Å². The second-order valence-electron chi connectivity index (χ2n) is 5.38. The highest BCUT2D eigenvalue weighted by molar-refractivity contribution is 5.93. The van der Waals surface area contributed by atoms with Crippen LogP contribution < -0.4 is 10.2 Å². The number of hydrogen-bond donors (Lipinski definition) is 2. The molecule has 0 saturated carbocycles. The van der Waals surface area contributed by atoms with Crippen molar-refractivity contribution in [3.8, 4) is 5.75 Å². The monoisotopic (exact) mass is 299 g/mol. The predicted molar refractivity (Wildman–Crippen MR) is 87.2 cm³/mol. The van der Waals surface area contributed by atoms with Gasteiger partial charge in [0.05, 0.1) is 12.8 Å². The molecule has 0 aliphatic heterocycles. The van der Waals surface area contributed by atoms with Gasteiger partial charge < -0.3 is 9.72 Å². The molecule has 0 spiro atoms. The highest BCUT2D eigenvalue weighted by Gasteiger charge is 2.02. The molecule has 0 aliphatic rings. The van der Waals surface area contributed by atoms with Crippen LogP contribution in [-0.4, -0.2) is 23.7 Å². The predicted octanol–water partition coefficient (Wildman–Crippen LogP) is 3.20. The number of aromatic nitrogens is 1. The number of carbonyl (C=O) groups is 1. The fraction of sp³-hybridized carbons (Fsp3) is 0.294. The maximum absolute atomic E-state index is 11.6. The zero-order valence-electron chi connectivity index (χ0n) is 12.9. The fourth-order valence-electron chi connectivity index (χ4n) is 1.76. The van der Waals surface area contributed by atoms with Gasteiger partial charge in [-0.2, -0.15) is 5.10 Å². The van der Waals surface area contributed by atoms with Crippen molar-refractivity contribution in [1.29, 1.82) is 0 Å². The van der Waals surface area contributed by atoms with Gasteiger partial charge in [0.2, 0.25) is 0 Å². The quantitative estimate of drug-likeness (QED) is 0.609. The summed E-state index contributed by atoms with van der Waals surface area (Å²) < 4.78 is 5.65. The number of nitrogens with one attached hydrogen (secondary N) is 2. The average Bonchev–Trinajstić information content (AvgIpc) is 3.03. The van der Waals surface area contributed by atoms with E-state index in [1.165, 1.54) is 0 Å². The van der Waals surface area contributed by atoms with Crippen LogP contribution in [0.3, 0.4) is 0 Å². The summed E-state index contributed by atoms with van der Waals surface area (Å²) in [5, 5.41) is 3.93. The third-order valence-corrected chi connectivity index (χ3v) is 3.07. The number of benzene rings is 1. The van der Waals surface area contributed by atoms with Crippen molar-refractivity contribution >= 4 is 12.1 Å². The minimum Gasteiger partial charge on any atom is -0.494 e. The van der Waals surface area contributed by atoms with E-state index in [4.69, 9.17) is 4.74 Å². The van der Waals surface area contributed by atoms with Crippen LogP contribution in [0.5, 0.6) is 5.75 Å². The molecule has 2 N–H and O–H groups in total. The Kier molecular flexibility index (Phi) is 5.77. The van der Waals surface area contributed by atoms with E-state index in [9.17, 15) is 4.79 Å². The van der Waals surface area contributed by atoms with E-state index in [2.05, 4.69) is 29.4 Å². The zero-order chi connectivity index (χ0) is 15.8. The molecule has 1 aromatic carbocycles. The highest BCUT2D eigenvalue weighted by Crippen LogP contribution is 2.12. The maximum Gasteiger partial charge on any atom is 0.287 e. The van der Waals surface area contributed by atoms with Gasteiger partial charge in [-0.15, -0.1) is 0 Å². The molecule has 116 valence electrons. The molecule has 0 fully saturated rings. The number of amides is 1. The summed E-state index contributed by atoms with van der Waals surface area (Å²) in [4.78, 5) is 14.5. The smallest absolute Gasteiger partial charge is 0.287 e. The van der Waals surface area contributed by atoms with Crippen molar-refractivity contribution in [1.82, 2.24) is 10.4 Å². The Morgan fingerprint density at radius 3 is 2.73 bits per heavy atom. The molecule has 0 bridgehead atoms. The molecular formula is C17H21N3O2. The van der Waals surface area contributed by atoms with E-state index < -0.39 is 0 Å². The Balaban J connectivity index is 1.80. The highest BCUT2D eigenvalue weighted by atomic mass is 16.5. The topological polar surface area (TPSA) is 66.5 Å². The van der Waals surface area contributed by atoms with E-state index >= 15 is 0 Å². The second-order valence-corrected chi connectivity index (χ2v) is 5.38. The van der Waals surface area contributed by atoms with Gasteiger partial charge in [0.25, 0.3) is 5.91 Å². The van der Waals surface area contributed by atoms with Crippen LogP contribution in [0, 0.1) is 5.92 Å². The molecule has 1 amide bonds. The van der Waals surface area contributed by atoms with E-state index in [0.717, 1.165) is 24.3 Å². The van der Waals surface area contributed by atoms with Gasteiger partial charge in [-0.25, -0.2) is 5.43 Å². The lowest BCUT2D eigenvalue weighted by Gasteiger charge is -2.07.